The van der Waals surface area contributed by atoms with Crippen LogP contribution < -0.4 is 5.32 Å². The molecular weight excluding hydrogens is 265 g/mol. The maximum Gasteiger partial charge on any atom is 0.285 e. The Morgan fingerprint density at radius 2 is 2.30 bits per heavy atom. The van der Waals surface area contributed by atoms with Crippen molar-refractivity contribution in [2.75, 3.05) is 20.1 Å². The van der Waals surface area contributed by atoms with Gasteiger partial charge in [0.25, 0.3) is 11.6 Å². The highest BCUT2D eigenvalue weighted by atomic mass is 19.1. The molecule has 1 saturated heterocycles. The van der Waals surface area contributed by atoms with E-state index in [1.54, 1.807) is 4.90 Å². The largest absolute Gasteiger partial charge is 0.337 e. The molecule has 1 fully saturated rings. The van der Waals surface area contributed by atoms with Crippen LogP contribution in [0.15, 0.2) is 18.2 Å². The molecule has 1 aliphatic rings. The van der Waals surface area contributed by atoms with Gasteiger partial charge in [0.05, 0.1) is 11.0 Å². The summed E-state index contributed by atoms with van der Waals surface area (Å²) in [5.74, 6) is -1.14. The Hall–Kier alpha value is -2.02. The molecule has 1 unspecified atom stereocenters. The maximum absolute atomic E-state index is 13.1. The van der Waals surface area contributed by atoms with Gasteiger partial charge in [0.2, 0.25) is 0 Å². The van der Waals surface area contributed by atoms with Crippen LogP contribution >= 0.6 is 0 Å². The zero-order valence-corrected chi connectivity index (χ0v) is 11.1. The van der Waals surface area contributed by atoms with Gasteiger partial charge < -0.3 is 10.2 Å². The molecule has 0 aromatic heterocycles. The first kappa shape index (κ1) is 14.4. The lowest BCUT2D eigenvalue weighted by Gasteiger charge is -2.32. The Balaban J connectivity index is 2.27. The van der Waals surface area contributed by atoms with Gasteiger partial charge in [0.1, 0.15) is 11.4 Å². The van der Waals surface area contributed by atoms with E-state index in [1.165, 1.54) is 6.07 Å². The third-order valence-corrected chi connectivity index (χ3v) is 3.50. The normalized spacial score (nSPS) is 18.9. The Morgan fingerprint density at radius 3 is 2.95 bits per heavy atom. The molecule has 20 heavy (non-hydrogen) atoms. The van der Waals surface area contributed by atoms with Crippen LogP contribution in [0, 0.1) is 15.9 Å². The fourth-order valence-electron chi connectivity index (χ4n) is 2.40. The maximum atomic E-state index is 13.1. The SMILES string of the molecule is CNC1CCCN(C(=O)c2ccc(F)cc2[N+](=O)[O-])C1. The number of carbonyl (C=O) groups excluding carboxylic acids is 1. The van der Waals surface area contributed by atoms with Crippen molar-refractivity contribution in [3.63, 3.8) is 0 Å². The Morgan fingerprint density at radius 1 is 1.55 bits per heavy atom. The van der Waals surface area contributed by atoms with Crippen LogP contribution in [0.4, 0.5) is 10.1 Å². The van der Waals surface area contributed by atoms with Crippen LogP contribution in [0.1, 0.15) is 23.2 Å². The second-order valence-electron chi connectivity index (χ2n) is 4.80. The van der Waals surface area contributed by atoms with Gasteiger partial charge in [-0.2, -0.15) is 0 Å². The van der Waals surface area contributed by atoms with Crippen LogP contribution in [0.5, 0.6) is 0 Å². The second-order valence-corrected chi connectivity index (χ2v) is 4.80. The number of halogens is 1. The lowest BCUT2D eigenvalue weighted by Crippen LogP contribution is -2.47. The Bertz CT molecular complexity index is 536. The summed E-state index contributed by atoms with van der Waals surface area (Å²) in [5.41, 5.74) is -0.547. The van der Waals surface area contributed by atoms with Crippen molar-refractivity contribution in [3.8, 4) is 0 Å². The summed E-state index contributed by atoms with van der Waals surface area (Å²) in [6, 6.07) is 3.22. The van der Waals surface area contributed by atoms with Crippen molar-refractivity contribution in [3.05, 3.63) is 39.7 Å². The average Bonchev–Trinajstić information content (AvgIpc) is 2.46. The molecule has 1 aromatic rings. The molecule has 1 N–H and O–H groups in total. The number of piperidine rings is 1. The number of benzene rings is 1. The first-order valence-electron chi connectivity index (χ1n) is 6.43. The van der Waals surface area contributed by atoms with E-state index in [2.05, 4.69) is 5.32 Å². The van der Waals surface area contributed by atoms with E-state index < -0.39 is 22.3 Å². The lowest BCUT2D eigenvalue weighted by molar-refractivity contribution is -0.385. The zero-order valence-electron chi connectivity index (χ0n) is 11.1. The number of nitro groups is 1. The predicted molar refractivity (Wildman–Crippen MR) is 71.0 cm³/mol. The number of likely N-dealkylation sites (N-methyl/N-ethyl adjacent to an activating group) is 1. The van der Waals surface area contributed by atoms with Gasteiger partial charge in [0, 0.05) is 19.1 Å². The average molecular weight is 281 g/mol. The summed E-state index contributed by atoms with van der Waals surface area (Å²) in [4.78, 5) is 24.2. The third-order valence-electron chi connectivity index (χ3n) is 3.50. The Labute approximate surface area is 115 Å². The minimum absolute atomic E-state index is 0.0619. The quantitative estimate of drug-likeness (QED) is 0.674. The molecule has 6 nitrogen and oxygen atoms in total. The fourth-order valence-corrected chi connectivity index (χ4v) is 2.40. The van der Waals surface area contributed by atoms with E-state index >= 15 is 0 Å². The van der Waals surface area contributed by atoms with Crippen molar-refractivity contribution >= 4 is 11.6 Å². The highest BCUT2D eigenvalue weighted by molar-refractivity contribution is 5.98. The predicted octanol–water partition coefficient (Wildman–Crippen LogP) is 1.56. The molecule has 7 heteroatoms. The van der Waals surface area contributed by atoms with Gasteiger partial charge in [-0.1, -0.05) is 0 Å². The molecule has 1 aliphatic heterocycles. The van der Waals surface area contributed by atoms with Crippen molar-refractivity contribution in [2.24, 2.45) is 0 Å². The third kappa shape index (κ3) is 2.93. The van der Waals surface area contributed by atoms with E-state index in [9.17, 15) is 19.3 Å². The summed E-state index contributed by atoms with van der Waals surface area (Å²) in [6.07, 6.45) is 1.80. The van der Waals surface area contributed by atoms with E-state index in [0.29, 0.717) is 13.1 Å². The molecular formula is C13H16FN3O3. The van der Waals surface area contributed by atoms with Crippen molar-refractivity contribution in [1.29, 1.82) is 0 Å². The number of hydrogen-bond acceptors (Lipinski definition) is 4. The molecule has 0 saturated carbocycles. The topological polar surface area (TPSA) is 75.5 Å². The van der Waals surface area contributed by atoms with E-state index in [0.717, 1.165) is 25.0 Å². The lowest BCUT2D eigenvalue weighted by atomic mass is 10.0. The second kappa shape index (κ2) is 5.96. The monoisotopic (exact) mass is 281 g/mol. The number of carbonyl (C=O) groups is 1. The number of nitrogens with one attached hydrogen (secondary N) is 1. The van der Waals surface area contributed by atoms with Crippen LogP contribution in [-0.2, 0) is 0 Å². The van der Waals surface area contributed by atoms with Gasteiger partial charge in [0.15, 0.2) is 0 Å². The molecule has 0 aliphatic carbocycles. The van der Waals surface area contributed by atoms with Gasteiger partial charge in [-0.05, 0) is 32.0 Å². The molecule has 108 valence electrons. The molecule has 0 radical (unpaired) electrons. The van der Waals surface area contributed by atoms with Crippen molar-refractivity contribution in [1.82, 2.24) is 10.2 Å². The van der Waals surface area contributed by atoms with E-state index in [-0.39, 0.29) is 11.6 Å². The summed E-state index contributed by atoms with van der Waals surface area (Å²) in [7, 11) is 1.82. The highest BCUT2D eigenvalue weighted by Gasteiger charge is 2.28. The number of likely N-dealkylation sites (tertiary alicyclic amines) is 1. The number of nitro benzene ring substituents is 1. The van der Waals surface area contributed by atoms with Crippen LogP contribution in [-0.4, -0.2) is 41.9 Å². The minimum atomic E-state index is -0.726. The summed E-state index contributed by atoms with van der Waals surface area (Å²) in [6.45, 7) is 1.06. The van der Waals surface area contributed by atoms with Crippen LogP contribution in [0.25, 0.3) is 0 Å². The molecule has 2 rings (SSSR count). The molecule has 0 spiro atoms. The van der Waals surface area contributed by atoms with E-state index in [1.807, 2.05) is 7.05 Å². The smallest absolute Gasteiger partial charge is 0.285 e. The standard InChI is InChI=1S/C13H16FN3O3/c1-15-10-3-2-6-16(8-10)13(18)11-5-4-9(14)7-12(11)17(19)20/h4-5,7,10,15H,2-3,6,8H2,1H3. The summed E-state index contributed by atoms with van der Waals surface area (Å²) < 4.78 is 13.1. The number of hydrogen-bond donors (Lipinski definition) is 1. The number of nitrogens with zero attached hydrogens (tertiary/aromatic N) is 2. The van der Waals surface area contributed by atoms with E-state index in [4.69, 9.17) is 0 Å². The molecule has 0 bridgehead atoms. The van der Waals surface area contributed by atoms with Crippen molar-refractivity contribution < 1.29 is 14.1 Å². The van der Waals surface area contributed by atoms with Gasteiger partial charge in [-0.3, -0.25) is 14.9 Å². The molecule has 1 atom stereocenters. The van der Waals surface area contributed by atoms with Gasteiger partial charge in [-0.15, -0.1) is 0 Å². The number of amides is 1. The summed E-state index contributed by atoms with van der Waals surface area (Å²) >= 11 is 0. The van der Waals surface area contributed by atoms with Gasteiger partial charge in [-0.25, -0.2) is 4.39 Å². The van der Waals surface area contributed by atoms with Crippen molar-refractivity contribution in [2.45, 2.75) is 18.9 Å². The fraction of sp³-hybridized carbons (Fsp3) is 0.462. The molecule has 1 amide bonds. The first-order chi connectivity index (χ1) is 9.52. The Kier molecular flexibility index (Phi) is 4.29. The molecule has 1 heterocycles. The summed E-state index contributed by atoms with van der Waals surface area (Å²) in [5, 5.41) is 14.0. The van der Waals surface area contributed by atoms with Gasteiger partial charge >= 0.3 is 0 Å². The minimum Gasteiger partial charge on any atom is -0.337 e. The molecule has 1 aromatic carbocycles. The zero-order chi connectivity index (χ0) is 14.7. The van der Waals surface area contributed by atoms with Crippen LogP contribution in [0.3, 0.4) is 0 Å². The highest BCUT2D eigenvalue weighted by Crippen LogP contribution is 2.23. The van der Waals surface area contributed by atoms with Crippen LogP contribution in [0.2, 0.25) is 0 Å². The first-order valence-corrected chi connectivity index (χ1v) is 6.43. The number of rotatable bonds is 3.